The smallest absolute Gasteiger partial charge is 0.253 e. The first kappa shape index (κ1) is 103. The molecule has 0 saturated carbocycles. The summed E-state index contributed by atoms with van der Waals surface area (Å²) < 4.78 is 20.4. The summed E-state index contributed by atoms with van der Waals surface area (Å²) in [6.45, 7) is 28.7. The highest BCUT2D eigenvalue weighted by atomic mass is 79.9. The predicted octanol–water partition coefficient (Wildman–Crippen LogP) is 17.2. The lowest BCUT2D eigenvalue weighted by Gasteiger charge is -2.32. The monoisotopic (exact) mass is 1880 g/mol. The van der Waals surface area contributed by atoms with E-state index in [9.17, 15) is 38.4 Å². The molecule has 7 amide bonds. The minimum Gasteiger partial charge on any atom is -0.444 e. The van der Waals surface area contributed by atoms with Gasteiger partial charge in [0.15, 0.2) is 15.4 Å². The third-order valence-electron chi connectivity index (χ3n) is 18.2. The van der Waals surface area contributed by atoms with Gasteiger partial charge >= 0.3 is 0 Å². The summed E-state index contributed by atoms with van der Waals surface area (Å²) >= 11 is 17.0. The number of piperidine rings is 3. The van der Waals surface area contributed by atoms with Crippen LogP contribution < -0.4 is 27.0 Å². The minimum absolute atomic E-state index is 0.0217. The second-order valence-corrected chi connectivity index (χ2v) is 40.5. The Morgan fingerprint density at radius 3 is 1.14 bits per heavy atom. The number of rotatable bonds is 24. The van der Waals surface area contributed by atoms with Crippen LogP contribution in [-0.4, -0.2) is 191 Å². The van der Waals surface area contributed by atoms with E-state index < -0.39 is 11.6 Å². The molecule has 0 bridgehead atoms. The summed E-state index contributed by atoms with van der Waals surface area (Å²) in [5, 5.41) is 13.5. The lowest BCUT2D eigenvalue weighted by molar-refractivity contribution is -0.122. The van der Waals surface area contributed by atoms with Crippen LogP contribution in [0.25, 0.3) is 0 Å². The zero-order valence-electron chi connectivity index (χ0n) is 72.7. The SMILES string of the molecule is CC(C)(C)c1cnc(CSc2cnc(NC(=O)C3CCCN(C(=O)c4ccc(N)cc4)C3)s2)o1.CCC.CN(C)C/C=C/C(=O)Nc1ccc(C(=O)N2CCCC(C(=O)Nc3ncc(SCc4ncc(C(C)(C)C)o4)s3)C2)cc1.Cc1ccc(C(=O)N2CCCC(C(=O)Nc3ncc(SCc4ncc(C(C)(C)C)o4)s3)C2)cc1.O=C(Cl)/C=C/CBr.[B]B([B])[B]. The van der Waals surface area contributed by atoms with E-state index in [0.29, 0.717) is 136 Å². The van der Waals surface area contributed by atoms with Crippen LogP contribution in [0.5, 0.6) is 0 Å². The van der Waals surface area contributed by atoms with Gasteiger partial charge in [-0.1, -0.05) is 162 Å². The van der Waals surface area contributed by atoms with E-state index in [0.717, 1.165) is 67.6 Å². The van der Waals surface area contributed by atoms with E-state index in [4.69, 9.17) is 30.6 Å². The van der Waals surface area contributed by atoms with Gasteiger partial charge in [-0.2, -0.15) is 0 Å². The molecule has 12 rings (SSSR count). The standard InChI is InChI=1S/C30H38N6O4S2.C25H30N4O3S2.C24H29N5O3S2.C4H4BrClO.C3H8.B4/c1-30(2,3)23-16-31-25(40-23)19-41-26-17-32-29(42-26)34-27(38)21-8-6-15-36(18-21)28(39)20-10-12-22(13-11-20)33-24(37)9-7-14-35(4)5;1-16-7-9-17(10-8-16)23(31)29-11-5-6-18(14-29)22(30)28-24-27-13-21(34-24)33-15-20-26-12-19(32-20)25(2,3)4;1-24(2,3)18-11-26-19(32-18)14-33-20-12-27-23(34-20)28-21(30)16-5-4-10-29(13-16)22(31)15-6-8-17(25)9-7-15;5-3-1-2-4(6)7;1-3-2;1-4(2)3/h7,9-13,16-17,21H,6,8,14-15,18-19H2,1-5H3,(H,33,37)(H,32,34,38);7-10,12-13,18H,5-6,11,14-15H2,1-4H3,(H,27,28,30);6-9,11-12,16H,4-5,10,13-14,25H2,1-3H3,(H,27,28,30);1-2H,3H2;3H2,1-2H3;/b9-7+;;;2-1+;;. The van der Waals surface area contributed by atoms with Gasteiger partial charge in [-0.3, -0.25) is 38.4 Å². The molecule has 3 aliphatic heterocycles. The zero-order chi connectivity index (χ0) is 90.8. The molecule has 9 aromatic rings. The van der Waals surface area contributed by atoms with Gasteiger partial charge in [0.05, 0.1) is 84.8 Å². The van der Waals surface area contributed by atoms with Crippen LogP contribution in [0.15, 0.2) is 160 Å². The Morgan fingerprint density at radius 1 is 0.524 bits per heavy atom. The third-order valence-corrected chi connectivity index (χ3v) is 25.0. The second kappa shape index (κ2) is 50.7. The van der Waals surface area contributed by atoms with Crippen molar-refractivity contribution in [1.29, 1.82) is 0 Å². The number of nitrogens with one attached hydrogen (secondary N) is 4. The summed E-state index contributed by atoms with van der Waals surface area (Å²) in [6, 6.07) is 21.2. The van der Waals surface area contributed by atoms with Gasteiger partial charge in [0.1, 0.15) is 17.3 Å². The molecule has 26 nitrogen and oxygen atoms in total. The first-order chi connectivity index (χ1) is 58.8. The predicted molar refractivity (Wildman–Crippen MR) is 510 cm³/mol. The van der Waals surface area contributed by atoms with Crippen molar-refractivity contribution in [2.45, 2.75) is 174 Å². The lowest BCUT2D eigenvalue weighted by atomic mass is 9.08. The number of hydrogen-bond acceptors (Lipinski definition) is 25. The van der Waals surface area contributed by atoms with Gasteiger partial charge in [-0.25, -0.2) is 29.9 Å². The quantitative estimate of drug-likeness (QED) is 0.00937. The van der Waals surface area contributed by atoms with Crippen LogP contribution in [0, 0.1) is 24.7 Å². The number of halogens is 2. The highest BCUT2D eigenvalue weighted by molar-refractivity contribution is 9.09. The van der Waals surface area contributed by atoms with Gasteiger partial charge in [0, 0.05) is 131 Å². The number of nitrogens with two attached hydrogens (primary N) is 1. The van der Waals surface area contributed by atoms with Crippen molar-refractivity contribution >= 4 is 200 Å². The number of oxazole rings is 3. The molecule has 0 spiro atoms. The Kier molecular flexibility index (Phi) is 41.9. The van der Waals surface area contributed by atoms with Crippen molar-refractivity contribution in [2.75, 3.05) is 92.2 Å². The largest absolute Gasteiger partial charge is 0.444 e. The summed E-state index contributed by atoms with van der Waals surface area (Å²) in [5.74, 6) is 4.71. The van der Waals surface area contributed by atoms with E-state index >= 15 is 0 Å². The molecule has 6 radical (unpaired) electrons. The highest BCUT2D eigenvalue weighted by Crippen LogP contribution is 2.37. The van der Waals surface area contributed by atoms with Gasteiger partial charge in [-0.15, -0.1) is 35.3 Å². The molecule has 6 N–H and O–H groups in total. The molecule has 656 valence electrons. The number of hydrogen-bond donors (Lipinski definition) is 5. The maximum absolute atomic E-state index is 13.2. The Morgan fingerprint density at radius 2 is 0.847 bits per heavy atom. The molecule has 38 heteroatoms. The molecule has 9 heterocycles. The van der Waals surface area contributed by atoms with Gasteiger partial charge in [0.2, 0.25) is 46.5 Å². The van der Waals surface area contributed by atoms with Crippen LogP contribution in [0.1, 0.15) is 193 Å². The average Bonchev–Trinajstić information content (AvgIpc) is 1.11. The summed E-state index contributed by atoms with van der Waals surface area (Å²) in [7, 11) is 17.9. The second-order valence-electron chi connectivity index (χ2n) is 32.5. The molecular formula is C86H109B4BrClN15O11S6. The summed E-state index contributed by atoms with van der Waals surface area (Å²) in [4.78, 5) is 133. The van der Waals surface area contributed by atoms with E-state index in [1.54, 1.807) is 148 Å². The first-order valence-electron chi connectivity index (χ1n) is 40.5. The van der Waals surface area contributed by atoms with Crippen molar-refractivity contribution in [2.24, 2.45) is 17.8 Å². The van der Waals surface area contributed by atoms with Crippen LogP contribution in [0.3, 0.4) is 0 Å². The van der Waals surface area contributed by atoms with Gasteiger partial charge < -0.3 is 59.9 Å². The van der Waals surface area contributed by atoms with Crippen molar-refractivity contribution in [3.05, 3.63) is 191 Å². The van der Waals surface area contributed by atoms with E-state index in [2.05, 4.69) is 166 Å². The van der Waals surface area contributed by atoms with E-state index in [1.807, 2.05) is 50.2 Å². The number of aromatic nitrogens is 6. The average molecular weight is 1880 g/mol. The number of allylic oxidation sites excluding steroid dienone is 2. The van der Waals surface area contributed by atoms with Crippen LogP contribution in [0.4, 0.5) is 26.8 Å². The number of carbonyl (C=O) groups is 8. The maximum atomic E-state index is 13.2. The number of amides is 7. The number of aryl methyl sites for hydroxylation is 1. The van der Waals surface area contributed by atoms with Gasteiger partial charge in [-0.05, 0) is 138 Å². The summed E-state index contributed by atoms with van der Waals surface area (Å²) in [6.07, 6.45) is 21.9. The first-order valence-corrected chi connectivity index (χ1v) is 47.4. The molecule has 3 atom stereocenters. The van der Waals surface area contributed by atoms with E-state index in [1.165, 1.54) is 52.6 Å². The zero-order valence-corrected chi connectivity index (χ0v) is 80.0. The number of thiazole rings is 3. The molecule has 3 fully saturated rings. The number of thioether (sulfide) groups is 3. The molecule has 3 aliphatic rings. The number of anilines is 5. The molecule has 3 aromatic carbocycles. The van der Waals surface area contributed by atoms with Crippen molar-refractivity contribution in [3.63, 3.8) is 0 Å². The molecule has 0 aliphatic carbocycles. The lowest BCUT2D eigenvalue weighted by Crippen LogP contribution is -2.43. The van der Waals surface area contributed by atoms with E-state index in [-0.39, 0.29) is 75.3 Å². The number of nitrogens with zero attached hydrogens (tertiary/aromatic N) is 10. The number of carbonyl (C=O) groups excluding carboxylic acids is 8. The Bertz CT molecular complexity index is 4780. The molecule has 3 saturated heterocycles. The highest BCUT2D eigenvalue weighted by Gasteiger charge is 2.34. The Balaban J connectivity index is 0.000000238. The fourth-order valence-electron chi connectivity index (χ4n) is 11.7. The van der Waals surface area contributed by atoms with Crippen LogP contribution >= 0.6 is 96.8 Å². The number of alkyl halides is 1. The molecular weight excluding hydrogens is 1770 g/mol. The number of likely N-dealkylation sites (N-methyl/N-ethyl adjacent to an activating group) is 1. The molecule has 3 unspecified atom stereocenters. The Labute approximate surface area is 770 Å². The number of benzene rings is 3. The fourth-order valence-corrected chi connectivity index (χ4v) is 17.2. The minimum atomic E-state index is -0.667. The topological polar surface area (TPSA) is 340 Å². The van der Waals surface area contributed by atoms with Crippen LogP contribution in [0.2, 0.25) is 0 Å². The maximum Gasteiger partial charge on any atom is 0.253 e. The van der Waals surface area contributed by atoms with Crippen LogP contribution in [-0.2, 0) is 57.5 Å². The Hall–Kier alpha value is -8.54. The van der Waals surface area contributed by atoms with Crippen molar-refractivity contribution in [3.8, 4) is 0 Å². The molecule has 6 aromatic heterocycles. The van der Waals surface area contributed by atoms with Crippen molar-refractivity contribution in [1.82, 2.24) is 49.5 Å². The van der Waals surface area contributed by atoms with Crippen molar-refractivity contribution < 1.29 is 51.6 Å². The van der Waals surface area contributed by atoms with Gasteiger partial charge in [0.25, 0.3) is 17.7 Å². The fraction of sp³-hybridized carbons (Fsp3) is 0.442. The number of likely N-dealkylation sites (tertiary alicyclic amines) is 3. The molecule has 124 heavy (non-hydrogen) atoms. The summed E-state index contributed by atoms with van der Waals surface area (Å²) in [5.41, 5.74) is 9.57. The third kappa shape index (κ3) is 35.7. The normalized spacial score (nSPS) is 15.3. The number of nitrogen functional groups attached to an aromatic ring is 1.